The molecule has 3 heterocycles. The number of halogens is 2. The lowest BCUT2D eigenvalue weighted by molar-refractivity contribution is -0.170. The Balaban J connectivity index is 1.92. The smallest absolute Gasteiger partial charge is 0.345 e. The number of aliphatic hydroxyl groups is 1. The van der Waals surface area contributed by atoms with E-state index in [1.54, 1.807) is 4.90 Å². The molecule has 10 nitrogen and oxygen atoms in total. The number of nitrogens with one attached hydrogen (secondary N) is 1. The monoisotopic (exact) mass is 500 g/mol. The van der Waals surface area contributed by atoms with Crippen molar-refractivity contribution in [1.29, 1.82) is 0 Å². The SMILES string of the molecule is CC(C)CN(C(=O)c1c(Cl)c(Cl)c2c3c1OC(=O)CC(O)(CC(=O)O2)C(=O)O3)[C@H]1CCNC1. The zero-order chi connectivity index (χ0) is 24.1. The Kier molecular flexibility index (Phi) is 6.30. The molecule has 1 saturated heterocycles. The van der Waals surface area contributed by atoms with Crippen molar-refractivity contribution in [3.63, 3.8) is 0 Å². The zero-order valence-electron chi connectivity index (χ0n) is 17.9. The topological polar surface area (TPSA) is 131 Å². The van der Waals surface area contributed by atoms with Crippen LogP contribution >= 0.6 is 23.2 Å². The van der Waals surface area contributed by atoms with E-state index < -0.39 is 59.5 Å². The Morgan fingerprint density at radius 2 is 1.73 bits per heavy atom. The normalized spacial score (nSPS) is 24.4. The highest BCUT2D eigenvalue weighted by molar-refractivity contribution is 6.45. The molecule has 1 unspecified atom stereocenters. The first-order chi connectivity index (χ1) is 15.5. The highest BCUT2D eigenvalue weighted by Crippen LogP contribution is 2.52. The van der Waals surface area contributed by atoms with Crippen molar-refractivity contribution in [2.24, 2.45) is 5.92 Å². The lowest BCUT2D eigenvalue weighted by Crippen LogP contribution is -2.49. The van der Waals surface area contributed by atoms with Gasteiger partial charge >= 0.3 is 17.9 Å². The highest BCUT2D eigenvalue weighted by Gasteiger charge is 2.49. The number of carbonyl (C=O) groups is 4. The summed E-state index contributed by atoms with van der Waals surface area (Å²) in [5.41, 5.74) is -2.78. The molecule has 178 valence electrons. The molecule has 1 aromatic carbocycles. The molecule has 2 bridgehead atoms. The minimum atomic E-state index is -2.49. The first-order valence-electron chi connectivity index (χ1n) is 10.4. The van der Waals surface area contributed by atoms with Gasteiger partial charge in [0.1, 0.15) is 10.6 Å². The summed E-state index contributed by atoms with van der Waals surface area (Å²) >= 11 is 12.8. The van der Waals surface area contributed by atoms with Crippen molar-refractivity contribution in [2.75, 3.05) is 19.6 Å². The van der Waals surface area contributed by atoms with Crippen LogP contribution in [0.5, 0.6) is 17.2 Å². The van der Waals surface area contributed by atoms with Crippen LogP contribution in [0.15, 0.2) is 0 Å². The Morgan fingerprint density at radius 3 is 2.30 bits per heavy atom. The van der Waals surface area contributed by atoms with Gasteiger partial charge in [0, 0.05) is 19.1 Å². The van der Waals surface area contributed by atoms with E-state index in [4.69, 9.17) is 37.4 Å². The van der Waals surface area contributed by atoms with Crippen molar-refractivity contribution in [1.82, 2.24) is 10.2 Å². The average Bonchev–Trinajstić information content (AvgIpc) is 3.25. The van der Waals surface area contributed by atoms with Crippen molar-refractivity contribution in [2.45, 2.75) is 44.8 Å². The molecule has 0 spiro atoms. The summed E-state index contributed by atoms with van der Waals surface area (Å²) < 4.78 is 15.8. The molecule has 12 heteroatoms. The minimum Gasteiger partial charge on any atom is -0.421 e. The number of amides is 1. The molecule has 0 aliphatic carbocycles. The summed E-state index contributed by atoms with van der Waals surface area (Å²) in [4.78, 5) is 52.9. The first-order valence-corrected chi connectivity index (χ1v) is 11.2. The molecule has 3 aliphatic heterocycles. The van der Waals surface area contributed by atoms with Gasteiger partial charge in [-0.1, -0.05) is 37.0 Å². The standard InChI is InChI=1S/C21H22Cl2N2O8/c1-9(2)8-25(10-3-4-24-7-10)19(28)13-14(22)15(23)17-18-16(13)31-11(26)5-21(30,20(29)33-18)6-12(27)32-17/h9-10,24,30H,3-8H2,1-2H3/t10-,21?/m0/s1. The van der Waals surface area contributed by atoms with Crippen LogP contribution in [0.25, 0.3) is 0 Å². The Bertz CT molecular complexity index is 1050. The maximum Gasteiger partial charge on any atom is 0.345 e. The van der Waals surface area contributed by atoms with Gasteiger partial charge in [-0.3, -0.25) is 14.4 Å². The van der Waals surface area contributed by atoms with E-state index in [1.165, 1.54) is 0 Å². The van der Waals surface area contributed by atoms with Crippen LogP contribution in [0.3, 0.4) is 0 Å². The molecule has 3 aliphatic rings. The molecule has 0 saturated carbocycles. The fourth-order valence-corrected chi connectivity index (χ4v) is 4.58. The van der Waals surface area contributed by atoms with Crippen molar-refractivity contribution >= 4 is 47.0 Å². The van der Waals surface area contributed by atoms with Crippen LogP contribution in [-0.4, -0.2) is 65.1 Å². The fourth-order valence-electron chi connectivity index (χ4n) is 4.11. The number of ether oxygens (including phenoxy) is 3. The van der Waals surface area contributed by atoms with E-state index in [-0.39, 0.29) is 27.6 Å². The van der Waals surface area contributed by atoms with E-state index in [0.717, 1.165) is 6.54 Å². The van der Waals surface area contributed by atoms with Gasteiger partial charge in [0.05, 0.1) is 17.9 Å². The Labute approximate surface area is 199 Å². The highest BCUT2D eigenvalue weighted by atomic mass is 35.5. The van der Waals surface area contributed by atoms with Crippen molar-refractivity contribution in [3.8, 4) is 17.2 Å². The lowest BCUT2D eigenvalue weighted by Gasteiger charge is -2.33. The largest absolute Gasteiger partial charge is 0.421 e. The molecular formula is C21H22Cl2N2O8. The quantitative estimate of drug-likeness (QED) is 0.468. The summed E-state index contributed by atoms with van der Waals surface area (Å²) in [7, 11) is 0. The van der Waals surface area contributed by atoms with Crippen LogP contribution in [0.1, 0.15) is 43.5 Å². The molecule has 2 N–H and O–H groups in total. The fraction of sp³-hybridized carbons (Fsp3) is 0.524. The van der Waals surface area contributed by atoms with Gasteiger partial charge in [-0.2, -0.15) is 0 Å². The molecule has 2 atom stereocenters. The molecule has 33 heavy (non-hydrogen) atoms. The van der Waals surface area contributed by atoms with Crippen molar-refractivity contribution < 1.29 is 38.5 Å². The number of nitrogens with zero attached hydrogens (tertiary/aromatic N) is 1. The summed E-state index contributed by atoms with van der Waals surface area (Å²) in [5, 5.41) is 13.1. The van der Waals surface area contributed by atoms with Gasteiger partial charge in [0.25, 0.3) is 5.91 Å². The number of hydrogen-bond donors (Lipinski definition) is 2. The zero-order valence-corrected chi connectivity index (χ0v) is 19.4. The predicted octanol–water partition coefficient (Wildman–Crippen LogP) is 1.71. The van der Waals surface area contributed by atoms with E-state index in [1.807, 2.05) is 13.8 Å². The molecule has 0 radical (unpaired) electrons. The van der Waals surface area contributed by atoms with E-state index >= 15 is 0 Å². The van der Waals surface area contributed by atoms with Gasteiger partial charge < -0.3 is 29.5 Å². The molecule has 0 aromatic heterocycles. The summed E-state index contributed by atoms with van der Waals surface area (Å²) in [6, 6.07) is -0.154. The molecular weight excluding hydrogens is 479 g/mol. The van der Waals surface area contributed by atoms with Gasteiger partial charge in [-0.05, 0) is 18.9 Å². The van der Waals surface area contributed by atoms with Gasteiger partial charge in [0.15, 0.2) is 17.1 Å². The van der Waals surface area contributed by atoms with E-state index in [9.17, 15) is 24.3 Å². The van der Waals surface area contributed by atoms with E-state index in [2.05, 4.69) is 5.32 Å². The molecule has 1 fully saturated rings. The Hall–Kier alpha value is -2.40. The van der Waals surface area contributed by atoms with Crippen LogP contribution in [0.2, 0.25) is 10.0 Å². The summed E-state index contributed by atoms with van der Waals surface area (Å²) in [6.07, 6.45) is -1.05. The van der Waals surface area contributed by atoms with E-state index in [0.29, 0.717) is 19.5 Å². The van der Waals surface area contributed by atoms with Gasteiger partial charge in [0.2, 0.25) is 5.75 Å². The van der Waals surface area contributed by atoms with Crippen LogP contribution in [0, 0.1) is 5.92 Å². The number of benzene rings is 1. The van der Waals surface area contributed by atoms with Gasteiger partial charge in [-0.15, -0.1) is 0 Å². The average molecular weight is 501 g/mol. The minimum absolute atomic E-state index is 0.104. The summed E-state index contributed by atoms with van der Waals surface area (Å²) in [5.74, 6) is -5.36. The second-order valence-corrected chi connectivity index (χ2v) is 9.47. The molecule has 4 rings (SSSR count). The van der Waals surface area contributed by atoms with Gasteiger partial charge in [-0.25, -0.2) is 4.79 Å². The maximum absolute atomic E-state index is 13.8. The van der Waals surface area contributed by atoms with Crippen molar-refractivity contribution in [3.05, 3.63) is 15.6 Å². The summed E-state index contributed by atoms with van der Waals surface area (Å²) in [6.45, 7) is 5.54. The number of carbonyl (C=O) groups excluding carboxylic acids is 4. The second-order valence-electron chi connectivity index (χ2n) is 8.71. The third kappa shape index (κ3) is 4.28. The van der Waals surface area contributed by atoms with Crippen LogP contribution in [-0.2, 0) is 14.4 Å². The number of rotatable bonds is 4. The third-order valence-corrected chi connectivity index (χ3v) is 6.48. The lowest BCUT2D eigenvalue weighted by atomic mass is 9.94. The third-order valence-electron chi connectivity index (χ3n) is 5.64. The maximum atomic E-state index is 13.8. The number of esters is 3. The Morgan fingerprint density at radius 1 is 1.09 bits per heavy atom. The number of fused-ring (bicyclic) bond motifs is 2. The second kappa shape index (κ2) is 8.75. The molecule has 1 aromatic rings. The van der Waals surface area contributed by atoms with Crippen LogP contribution in [0.4, 0.5) is 0 Å². The first kappa shape index (κ1) is 23.7. The number of hydrogen-bond acceptors (Lipinski definition) is 9. The predicted molar refractivity (Wildman–Crippen MR) is 115 cm³/mol. The molecule has 1 amide bonds. The van der Waals surface area contributed by atoms with Crippen LogP contribution < -0.4 is 19.5 Å².